The third kappa shape index (κ3) is 3.09. The van der Waals surface area contributed by atoms with Crippen LogP contribution >= 0.6 is 11.6 Å². The maximum absolute atomic E-state index is 11.8. The van der Waals surface area contributed by atoms with Crippen LogP contribution in [-0.4, -0.2) is 17.5 Å². The van der Waals surface area contributed by atoms with Crippen LogP contribution < -0.4 is 10.7 Å². The molecule has 0 bridgehead atoms. The molecule has 0 aromatic heterocycles. The second kappa shape index (κ2) is 5.50. The zero-order valence-electron chi connectivity index (χ0n) is 9.74. The smallest absolute Gasteiger partial charge is 0.271 e. The van der Waals surface area contributed by atoms with Crippen molar-refractivity contribution in [1.82, 2.24) is 5.43 Å². The summed E-state index contributed by atoms with van der Waals surface area (Å²) < 4.78 is 0. The SMILES string of the molecule is N#Cc1cc(NC(=O)C2=NNC(=O)CC2)ccc1Cl. The van der Waals surface area contributed by atoms with Gasteiger partial charge in [-0.1, -0.05) is 11.6 Å². The molecule has 0 unspecified atom stereocenters. The van der Waals surface area contributed by atoms with Crippen LogP contribution in [0.1, 0.15) is 18.4 Å². The van der Waals surface area contributed by atoms with Gasteiger partial charge in [-0.15, -0.1) is 0 Å². The second-order valence-corrected chi connectivity index (χ2v) is 4.26. The van der Waals surface area contributed by atoms with E-state index in [0.717, 1.165) is 0 Å². The highest BCUT2D eigenvalue weighted by Crippen LogP contribution is 2.19. The van der Waals surface area contributed by atoms with E-state index in [-0.39, 0.29) is 30.0 Å². The Morgan fingerprint density at radius 2 is 2.26 bits per heavy atom. The van der Waals surface area contributed by atoms with E-state index < -0.39 is 5.91 Å². The van der Waals surface area contributed by atoms with Crippen molar-refractivity contribution < 1.29 is 9.59 Å². The summed E-state index contributed by atoms with van der Waals surface area (Å²) in [5.41, 5.74) is 3.21. The molecule has 0 saturated carbocycles. The number of hydrogen-bond donors (Lipinski definition) is 2. The number of carbonyl (C=O) groups is 2. The fourth-order valence-electron chi connectivity index (χ4n) is 1.53. The number of benzene rings is 1. The highest BCUT2D eigenvalue weighted by atomic mass is 35.5. The third-order valence-corrected chi connectivity index (χ3v) is 2.84. The summed E-state index contributed by atoms with van der Waals surface area (Å²) in [6.07, 6.45) is 0.521. The summed E-state index contributed by atoms with van der Waals surface area (Å²) in [5, 5.41) is 15.4. The summed E-state index contributed by atoms with van der Waals surface area (Å²) in [5.74, 6) is -0.624. The quantitative estimate of drug-likeness (QED) is 0.855. The van der Waals surface area contributed by atoms with Gasteiger partial charge in [0.15, 0.2) is 0 Å². The van der Waals surface area contributed by atoms with E-state index in [4.69, 9.17) is 16.9 Å². The number of anilines is 1. The highest BCUT2D eigenvalue weighted by Gasteiger charge is 2.18. The Labute approximate surface area is 114 Å². The van der Waals surface area contributed by atoms with Gasteiger partial charge in [0.1, 0.15) is 11.8 Å². The number of amides is 2. The molecule has 1 aromatic carbocycles. The van der Waals surface area contributed by atoms with Crippen LogP contribution in [0.25, 0.3) is 0 Å². The van der Waals surface area contributed by atoms with Gasteiger partial charge in [0.25, 0.3) is 5.91 Å². The molecule has 6 nitrogen and oxygen atoms in total. The minimum atomic E-state index is -0.411. The molecule has 0 saturated heterocycles. The Hall–Kier alpha value is -2.39. The number of nitrogens with one attached hydrogen (secondary N) is 2. The van der Waals surface area contributed by atoms with Crippen LogP contribution in [-0.2, 0) is 9.59 Å². The summed E-state index contributed by atoms with van der Waals surface area (Å²) in [6, 6.07) is 6.51. The van der Waals surface area contributed by atoms with Crippen LogP contribution in [0.3, 0.4) is 0 Å². The Balaban J connectivity index is 2.11. The minimum Gasteiger partial charge on any atom is -0.321 e. The lowest BCUT2D eigenvalue weighted by atomic mass is 10.1. The van der Waals surface area contributed by atoms with Crippen molar-refractivity contribution in [2.75, 3.05) is 5.32 Å². The van der Waals surface area contributed by atoms with Gasteiger partial charge in [0.05, 0.1) is 10.6 Å². The molecule has 2 N–H and O–H groups in total. The number of hydrazone groups is 1. The van der Waals surface area contributed by atoms with E-state index in [1.165, 1.54) is 12.1 Å². The van der Waals surface area contributed by atoms with Gasteiger partial charge < -0.3 is 5.32 Å². The lowest BCUT2D eigenvalue weighted by Crippen LogP contribution is -2.32. The number of nitrogens with zero attached hydrogens (tertiary/aromatic N) is 2. The van der Waals surface area contributed by atoms with Crippen molar-refractivity contribution in [3.8, 4) is 6.07 Å². The van der Waals surface area contributed by atoms with E-state index in [1.54, 1.807) is 6.07 Å². The maximum Gasteiger partial charge on any atom is 0.271 e. The van der Waals surface area contributed by atoms with Gasteiger partial charge in [0, 0.05) is 18.5 Å². The molecular formula is C12H9ClN4O2. The molecule has 1 aliphatic heterocycles. The first-order chi connectivity index (χ1) is 9.10. The molecule has 1 aliphatic rings. The Morgan fingerprint density at radius 3 is 2.89 bits per heavy atom. The van der Waals surface area contributed by atoms with Crippen molar-refractivity contribution in [2.24, 2.45) is 5.10 Å². The lowest BCUT2D eigenvalue weighted by molar-refractivity contribution is -0.121. The number of hydrogen-bond acceptors (Lipinski definition) is 4. The second-order valence-electron chi connectivity index (χ2n) is 3.85. The van der Waals surface area contributed by atoms with E-state index in [2.05, 4.69) is 15.8 Å². The maximum atomic E-state index is 11.8. The number of carbonyl (C=O) groups excluding carboxylic acids is 2. The van der Waals surface area contributed by atoms with E-state index in [9.17, 15) is 9.59 Å². The molecule has 1 heterocycles. The number of nitriles is 1. The molecular weight excluding hydrogens is 268 g/mol. The molecule has 0 fully saturated rings. The molecule has 1 aromatic rings. The molecule has 19 heavy (non-hydrogen) atoms. The van der Waals surface area contributed by atoms with Gasteiger partial charge in [0.2, 0.25) is 5.91 Å². The average molecular weight is 277 g/mol. The molecule has 0 spiro atoms. The van der Waals surface area contributed by atoms with Crippen LogP contribution in [0.4, 0.5) is 5.69 Å². The topological polar surface area (TPSA) is 94.3 Å². The van der Waals surface area contributed by atoms with Crippen molar-refractivity contribution in [3.05, 3.63) is 28.8 Å². The zero-order valence-corrected chi connectivity index (χ0v) is 10.5. The molecule has 7 heteroatoms. The molecule has 2 amide bonds. The highest BCUT2D eigenvalue weighted by molar-refractivity contribution is 6.43. The standard InChI is InChI=1S/C12H9ClN4O2/c13-9-2-1-8(5-7(9)6-14)15-12(19)10-3-4-11(18)17-16-10/h1-2,5H,3-4H2,(H,15,19)(H,17,18). The van der Waals surface area contributed by atoms with Crippen LogP contribution in [0.5, 0.6) is 0 Å². The predicted molar refractivity (Wildman–Crippen MR) is 69.6 cm³/mol. The summed E-state index contributed by atoms with van der Waals surface area (Å²) in [6.45, 7) is 0. The van der Waals surface area contributed by atoms with Crippen LogP contribution in [0.15, 0.2) is 23.3 Å². The van der Waals surface area contributed by atoms with Gasteiger partial charge in [-0.3, -0.25) is 9.59 Å². The molecule has 96 valence electrons. The van der Waals surface area contributed by atoms with Crippen molar-refractivity contribution in [1.29, 1.82) is 5.26 Å². The normalized spacial score (nSPS) is 14.1. The number of halogens is 1. The largest absolute Gasteiger partial charge is 0.321 e. The average Bonchev–Trinajstić information content (AvgIpc) is 2.41. The first-order valence-corrected chi connectivity index (χ1v) is 5.84. The minimum absolute atomic E-state index is 0.213. The van der Waals surface area contributed by atoms with Gasteiger partial charge >= 0.3 is 0 Å². The van der Waals surface area contributed by atoms with E-state index in [0.29, 0.717) is 10.7 Å². The first kappa shape index (κ1) is 13.1. The zero-order chi connectivity index (χ0) is 13.8. The summed E-state index contributed by atoms with van der Waals surface area (Å²) in [4.78, 5) is 22.8. The van der Waals surface area contributed by atoms with Gasteiger partial charge in [-0.25, -0.2) is 5.43 Å². The Kier molecular flexibility index (Phi) is 3.78. The van der Waals surface area contributed by atoms with Crippen molar-refractivity contribution in [2.45, 2.75) is 12.8 Å². The number of rotatable bonds is 2. The third-order valence-electron chi connectivity index (χ3n) is 2.51. The molecule has 0 atom stereocenters. The fraction of sp³-hybridized carbons (Fsp3) is 0.167. The van der Waals surface area contributed by atoms with Crippen molar-refractivity contribution >= 4 is 34.8 Å². The van der Waals surface area contributed by atoms with Crippen LogP contribution in [0, 0.1) is 11.3 Å². The molecule has 0 radical (unpaired) electrons. The van der Waals surface area contributed by atoms with Crippen molar-refractivity contribution in [3.63, 3.8) is 0 Å². The molecule has 0 aliphatic carbocycles. The summed E-state index contributed by atoms with van der Waals surface area (Å²) >= 11 is 5.79. The summed E-state index contributed by atoms with van der Waals surface area (Å²) in [7, 11) is 0. The van der Waals surface area contributed by atoms with Gasteiger partial charge in [-0.2, -0.15) is 10.4 Å². The van der Waals surface area contributed by atoms with E-state index >= 15 is 0 Å². The monoisotopic (exact) mass is 276 g/mol. The van der Waals surface area contributed by atoms with E-state index in [1.807, 2.05) is 6.07 Å². The predicted octanol–water partition coefficient (Wildman–Crippen LogP) is 1.42. The van der Waals surface area contributed by atoms with Crippen LogP contribution in [0.2, 0.25) is 5.02 Å². The fourth-order valence-corrected chi connectivity index (χ4v) is 1.69. The Bertz CT molecular complexity index is 619. The van der Waals surface area contributed by atoms with Gasteiger partial charge in [-0.05, 0) is 18.2 Å². The Morgan fingerprint density at radius 1 is 1.47 bits per heavy atom. The first-order valence-electron chi connectivity index (χ1n) is 5.46. The molecule has 2 rings (SSSR count). The lowest BCUT2D eigenvalue weighted by Gasteiger charge is -2.12.